The van der Waals surface area contributed by atoms with E-state index in [1.165, 1.54) is 18.5 Å². The molecule has 2 aromatic carbocycles. The van der Waals surface area contributed by atoms with Crippen molar-refractivity contribution in [2.24, 2.45) is 0 Å². The Morgan fingerprint density at radius 1 is 1.26 bits per heavy atom. The first-order valence-corrected chi connectivity index (χ1v) is 8.27. The number of hydrogen-bond acceptors (Lipinski definition) is 6. The van der Waals surface area contributed by atoms with Crippen molar-refractivity contribution in [2.75, 3.05) is 24.8 Å². The molecule has 0 bridgehead atoms. The number of benzene rings is 2. The molecule has 1 heterocycles. The molecule has 9 heteroatoms. The predicted octanol–water partition coefficient (Wildman–Crippen LogP) is 4.58. The number of halogens is 3. The van der Waals surface area contributed by atoms with Gasteiger partial charge in [0.1, 0.15) is 29.8 Å². The number of nitrogens with one attached hydrogen (secondary N) is 1. The van der Waals surface area contributed by atoms with Gasteiger partial charge in [0.25, 0.3) is 0 Å². The topological polar surface area (TPSA) is 82.3 Å². The molecule has 3 N–H and O–H groups in total. The van der Waals surface area contributed by atoms with Crippen LogP contribution in [0.4, 0.5) is 21.6 Å². The van der Waals surface area contributed by atoms with Crippen molar-refractivity contribution >= 4 is 52.1 Å². The highest BCUT2D eigenvalue weighted by atomic mass is 35.5. The highest BCUT2D eigenvalue weighted by Gasteiger charge is 2.12. The molecule has 0 spiro atoms. The Morgan fingerprint density at radius 3 is 2.74 bits per heavy atom. The monoisotopic (exact) mass is 412 g/mol. The van der Waals surface area contributed by atoms with Crippen LogP contribution in [-0.4, -0.2) is 29.8 Å². The number of ether oxygens (including phenoxy) is 2. The van der Waals surface area contributed by atoms with E-state index in [9.17, 15) is 4.39 Å². The molecule has 6 nitrogen and oxygen atoms in total. The summed E-state index contributed by atoms with van der Waals surface area (Å²) in [7, 11) is 1.61. The highest BCUT2D eigenvalue weighted by Crippen LogP contribution is 2.32. The number of nitrogen functional groups attached to an aromatic ring is 1. The molecule has 1 atom stereocenters. The molecule has 0 saturated carbocycles. The molecular formula is C18H19Cl2FN4O2. The summed E-state index contributed by atoms with van der Waals surface area (Å²) in [5.74, 6) is 0.568. The van der Waals surface area contributed by atoms with Crippen LogP contribution in [0.2, 0.25) is 5.02 Å². The van der Waals surface area contributed by atoms with Crippen molar-refractivity contribution in [1.29, 1.82) is 0 Å². The molecule has 0 aliphatic carbocycles. The van der Waals surface area contributed by atoms with Crippen molar-refractivity contribution in [3.05, 3.63) is 47.5 Å². The van der Waals surface area contributed by atoms with Crippen molar-refractivity contribution < 1.29 is 13.9 Å². The van der Waals surface area contributed by atoms with Gasteiger partial charge >= 0.3 is 0 Å². The van der Waals surface area contributed by atoms with Crippen LogP contribution in [-0.2, 0) is 4.74 Å². The molecule has 0 amide bonds. The number of fused-ring (bicyclic) bond motifs is 1. The lowest BCUT2D eigenvalue weighted by Gasteiger charge is -2.16. The Labute approximate surface area is 167 Å². The van der Waals surface area contributed by atoms with E-state index in [1.54, 1.807) is 25.3 Å². The molecule has 3 rings (SSSR count). The Hall–Kier alpha value is -2.35. The van der Waals surface area contributed by atoms with Gasteiger partial charge in [-0.3, -0.25) is 0 Å². The Balaban J connectivity index is 0.00000261. The molecule has 0 unspecified atom stereocenters. The fraction of sp³-hybridized carbons (Fsp3) is 0.222. The second-order valence-electron chi connectivity index (χ2n) is 5.77. The van der Waals surface area contributed by atoms with Crippen LogP contribution in [0.25, 0.3) is 10.9 Å². The Bertz CT molecular complexity index is 943. The van der Waals surface area contributed by atoms with Crippen LogP contribution in [0, 0.1) is 5.82 Å². The van der Waals surface area contributed by atoms with Gasteiger partial charge in [-0.1, -0.05) is 11.6 Å². The van der Waals surface area contributed by atoms with Gasteiger partial charge in [-0.15, -0.1) is 12.4 Å². The summed E-state index contributed by atoms with van der Waals surface area (Å²) in [5, 5.41) is 3.83. The van der Waals surface area contributed by atoms with E-state index >= 15 is 0 Å². The van der Waals surface area contributed by atoms with Gasteiger partial charge < -0.3 is 20.5 Å². The minimum absolute atomic E-state index is 0. The van der Waals surface area contributed by atoms with E-state index in [4.69, 9.17) is 26.8 Å². The molecular weight excluding hydrogens is 394 g/mol. The summed E-state index contributed by atoms with van der Waals surface area (Å²) in [6.07, 6.45) is 1.27. The van der Waals surface area contributed by atoms with Crippen LogP contribution in [0.3, 0.4) is 0 Å². The molecule has 0 radical (unpaired) electrons. The molecule has 0 saturated heterocycles. The zero-order valence-electron chi connectivity index (χ0n) is 14.7. The first-order chi connectivity index (χ1) is 12.5. The third kappa shape index (κ3) is 4.88. The quantitative estimate of drug-likeness (QED) is 0.576. The van der Waals surface area contributed by atoms with E-state index in [2.05, 4.69) is 15.3 Å². The molecule has 3 aromatic rings. The lowest BCUT2D eigenvalue weighted by molar-refractivity contribution is 0.0926. The molecule has 0 fully saturated rings. The largest absolute Gasteiger partial charge is 0.486 e. The van der Waals surface area contributed by atoms with Crippen molar-refractivity contribution in [3.8, 4) is 5.75 Å². The van der Waals surface area contributed by atoms with E-state index in [-0.39, 0.29) is 23.5 Å². The predicted molar refractivity (Wildman–Crippen MR) is 108 cm³/mol. The lowest BCUT2D eigenvalue weighted by atomic mass is 10.2. The minimum Gasteiger partial charge on any atom is -0.486 e. The first-order valence-electron chi connectivity index (χ1n) is 7.90. The Kier molecular flexibility index (Phi) is 7.01. The SMILES string of the molecule is COC[C@@H](C)Oc1cc2ncnc(Nc3ccc(F)c(Cl)c3)c2cc1N.Cl. The van der Waals surface area contributed by atoms with Crippen LogP contribution in [0.1, 0.15) is 6.92 Å². The smallest absolute Gasteiger partial charge is 0.144 e. The zero-order valence-corrected chi connectivity index (χ0v) is 16.3. The number of anilines is 3. The first kappa shape index (κ1) is 21.0. The molecule has 144 valence electrons. The summed E-state index contributed by atoms with van der Waals surface area (Å²) in [6.45, 7) is 2.33. The average molecular weight is 413 g/mol. The fourth-order valence-electron chi connectivity index (χ4n) is 2.50. The fourth-order valence-corrected chi connectivity index (χ4v) is 2.68. The van der Waals surface area contributed by atoms with Gasteiger partial charge in [0.2, 0.25) is 0 Å². The second-order valence-corrected chi connectivity index (χ2v) is 6.17. The van der Waals surface area contributed by atoms with Gasteiger partial charge in [-0.25, -0.2) is 14.4 Å². The van der Waals surface area contributed by atoms with E-state index < -0.39 is 5.82 Å². The Morgan fingerprint density at radius 2 is 2.04 bits per heavy atom. The van der Waals surface area contributed by atoms with Crippen LogP contribution in [0.15, 0.2) is 36.7 Å². The maximum atomic E-state index is 13.3. The summed E-state index contributed by atoms with van der Waals surface area (Å²) in [6, 6.07) is 7.82. The third-order valence-corrected chi connectivity index (χ3v) is 3.97. The maximum Gasteiger partial charge on any atom is 0.144 e. The van der Waals surface area contributed by atoms with Crippen LogP contribution in [0.5, 0.6) is 5.75 Å². The number of rotatable bonds is 6. The summed E-state index contributed by atoms with van der Waals surface area (Å²) < 4.78 is 24.2. The van der Waals surface area contributed by atoms with Gasteiger partial charge in [0, 0.05) is 24.2 Å². The molecule has 0 aliphatic rings. The normalized spacial score (nSPS) is 11.7. The number of aromatic nitrogens is 2. The van der Waals surface area contributed by atoms with E-state index in [1.807, 2.05) is 6.92 Å². The van der Waals surface area contributed by atoms with E-state index in [0.717, 1.165) is 0 Å². The lowest BCUT2D eigenvalue weighted by Crippen LogP contribution is -2.18. The maximum absolute atomic E-state index is 13.3. The minimum atomic E-state index is -0.485. The zero-order chi connectivity index (χ0) is 18.7. The van der Waals surface area contributed by atoms with Gasteiger partial charge in [-0.05, 0) is 31.2 Å². The van der Waals surface area contributed by atoms with Gasteiger partial charge in [0.05, 0.1) is 22.8 Å². The van der Waals surface area contributed by atoms with E-state index in [0.29, 0.717) is 40.5 Å². The standard InChI is InChI=1S/C18H18ClFN4O2.ClH/c1-10(8-25-2)26-17-7-16-12(6-15(17)21)18(23-9-22-16)24-11-3-4-14(20)13(19)5-11;/h3-7,9-10H,8,21H2,1-2H3,(H,22,23,24);1H/t10-;/m1./s1. The third-order valence-electron chi connectivity index (χ3n) is 3.68. The average Bonchev–Trinajstić information content (AvgIpc) is 2.60. The molecule has 1 aromatic heterocycles. The van der Waals surface area contributed by atoms with Crippen LogP contribution < -0.4 is 15.8 Å². The number of nitrogens with two attached hydrogens (primary N) is 1. The van der Waals surface area contributed by atoms with Gasteiger partial charge in [-0.2, -0.15) is 0 Å². The second kappa shape index (κ2) is 9.03. The summed E-state index contributed by atoms with van der Waals surface area (Å²) in [4.78, 5) is 8.51. The summed E-state index contributed by atoms with van der Waals surface area (Å²) >= 11 is 5.82. The van der Waals surface area contributed by atoms with Crippen molar-refractivity contribution in [2.45, 2.75) is 13.0 Å². The molecule has 27 heavy (non-hydrogen) atoms. The molecule has 0 aliphatic heterocycles. The number of methoxy groups -OCH3 is 1. The van der Waals surface area contributed by atoms with Crippen molar-refractivity contribution in [3.63, 3.8) is 0 Å². The van der Waals surface area contributed by atoms with Gasteiger partial charge in [0.15, 0.2) is 0 Å². The number of hydrogen-bond donors (Lipinski definition) is 2. The van der Waals surface area contributed by atoms with Crippen molar-refractivity contribution in [1.82, 2.24) is 9.97 Å². The number of nitrogens with zero attached hydrogens (tertiary/aromatic N) is 2. The highest BCUT2D eigenvalue weighted by molar-refractivity contribution is 6.31. The summed E-state index contributed by atoms with van der Waals surface area (Å²) in [5.41, 5.74) is 7.83. The van der Waals surface area contributed by atoms with Crippen LogP contribution >= 0.6 is 24.0 Å².